The lowest BCUT2D eigenvalue weighted by Crippen LogP contribution is -2.45. The normalized spacial score (nSPS) is 17.7. The maximum Gasteiger partial charge on any atom is 0.240 e. The van der Waals surface area contributed by atoms with E-state index in [1.807, 2.05) is 13.0 Å². The second-order valence-corrected chi connectivity index (χ2v) is 7.24. The van der Waals surface area contributed by atoms with Gasteiger partial charge in [-0.1, -0.05) is 31.1 Å². The number of rotatable bonds is 4. The third-order valence-electron chi connectivity index (χ3n) is 4.03. The molecule has 0 spiro atoms. The van der Waals surface area contributed by atoms with Gasteiger partial charge in [-0.05, 0) is 6.92 Å². The second-order valence-electron chi connectivity index (χ2n) is 7.24. The van der Waals surface area contributed by atoms with Gasteiger partial charge in [0.05, 0.1) is 12.2 Å². The lowest BCUT2D eigenvalue weighted by Gasteiger charge is -2.33. The standard InChI is InChI=1S/C16H25N5O2/c1-12-9-13(18-22-12)10-20-5-7-21(8-6-20)11-14-17-15(19-23-14)16(2,3)4/h9H,5-8,10-11H2,1-4H3. The minimum atomic E-state index is -0.0732. The number of piperazine rings is 1. The van der Waals surface area contributed by atoms with Crippen LogP contribution < -0.4 is 0 Å². The lowest BCUT2D eigenvalue weighted by atomic mass is 9.96. The van der Waals surface area contributed by atoms with Crippen LogP contribution in [0.25, 0.3) is 0 Å². The van der Waals surface area contributed by atoms with E-state index < -0.39 is 0 Å². The smallest absolute Gasteiger partial charge is 0.240 e. The molecule has 1 saturated heterocycles. The number of aryl methyl sites for hydroxylation is 1. The summed E-state index contributed by atoms with van der Waals surface area (Å²) in [5.41, 5.74) is 0.929. The van der Waals surface area contributed by atoms with Crippen LogP contribution in [-0.4, -0.2) is 51.3 Å². The van der Waals surface area contributed by atoms with Gasteiger partial charge in [-0.3, -0.25) is 9.80 Å². The Labute approximate surface area is 136 Å². The largest absolute Gasteiger partial charge is 0.361 e. The zero-order valence-electron chi connectivity index (χ0n) is 14.4. The number of hydrogen-bond acceptors (Lipinski definition) is 7. The van der Waals surface area contributed by atoms with Crippen LogP contribution in [0.3, 0.4) is 0 Å². The predicted molar refractivity (Wildman–Crippen MR) is 84.8 cm³/mol. The summed E-state index contributed by atoms with van der Waals surface area (Å²) in [5, 5.41) is 8.14. The molecule has 0 radical (unpaired) electrons. The molecule has 2 aromatic rings. The van der Waals surface area contributed by atoms with Crippen LogP contribution in [0.2, 0.25) is 0 Å². The van der Waals surface area contributed by atoms with Gasteiger partial charge in [-0.15, -0.1) is 0 Å². The first-order valence-electron chi connectivity index (χ1n) is 8.10. The maximum atomic E-state index is 5.38. The molecule has 0 atom stereocenters. The zero-order valence-corrected chi connectivity index (χ0v) is 14.4. The van der Waals surface area contributed by atoms with E-state index in [0.717, 1.165) is 56.5 Å². The summed E-state index contributed by atoms with van der Waals surface area (Å²) >= 11 is 0. The lowest BCUT2D eigenvalue weighted by molar-refractivity contribution is 0.110. The van der Waals surface area contributed by atoms with Crippen LogP contribution in [0.5, 0.6) is 0 Å². The monoisotopic (exact) mass is 319 g/mol. The molecular formula is C16H25N5O2. The van der Waals surface area contributed by atoms with Crippen LogP contribution in [-0.2, 0) is 18.5 Å². The van der Waals surface area contributed by atoms with E-state index in [0.29, 0.717) is 5.89 Å². The molecule has 3 heterocycles. The highest BCUT2D eigenvalue weighted by molar-refractivity contribution is 5.03. The number of hydrogen-bond donors (Lipinski definition) is 0. The summed E-state index contributed by atoms with van der Waals surface area (Å²) in [5.74, 6) is 2.34. The number of aromatic nitrogens is 3. The van der Waals surface area contributed by atoms with Crippen molar-refractivity contribution in [3.63, 3.8) is 0 Å². The van der Waals surface area contributed by atoms with Gasteiger partial charge in [0.2, 0.25) is 5.89 Å². The quantitative estimate of drug-likeness (QED) is 0.853. The van der Waals surface area contributed by atoms with Gasteiger partial charge in [-0.25, -0.2) is 0 Å². The molecule has 0 aromatic carbocycles. The van der Waals surface area contributed by atoms with Crippen LogP contribution >= 0.6 is 0 Å². The van der Waals surface area contributed by atoms with Crippen molar-refractivity contribution in [2.24, 2.45) is 0 Å². The average molecular weight is 319 g/mol. The van der Waals surface area contributed by atoms with Gasteiger partial charge < -0.3 is 9.05 Å². The van der Waals surface area contributed by atoms with Crippen molar-refractivity contribution in [2.75, 3.05) is 26.2 Å². The van der Waals surface area contributed by atoms with Crippen molar-refractivity contribution in [1.82, 2.24) is 25.1 Å². The van der Waals surface area contributed by atoms with E-state index in [1.165, 1.54) is 0 Å². The highest BCUT2D eigenvalue weighted by atomic mass is 16.5. The second kappa shape index (κ2) is 6.41. The molecule has 0 aliphatic carbocycles. The van der Waals surface area contributed by atoms with Gasteiger partial charge in [0.1, 0.15) is 5.76 Å². The molecule has 7 heteroatoms. The van der Waals surface area contributed by atoms with Crippen molar-refractivity contribution < 1.29 is 9.05 Å². The summed E-state index contributed by atoms with van der Waals surface area (Å²) < 4.78 is 10.5. The maximum absolute atomic E-state index is 5.38. The van der Waals surface area contributed by atoms with Gasteiger partial charge >= 0.3 is 0 Å². The zero-order chi connectivity index (χ0) is 16.4. The molecule has 0 amide bonds. The molecule has 3 rings (SSSR count). The van der Waals surface area contributed by atoms with Gasteiger partial charge in [0.15, 0.2) is 5.82 Å². The summed E-state index contributed by atoms with van der Waals surface area (Å²) in [7, 11) is 0. The summed E-state index contributed by atoms with van der Waals surface area (Å²) in [6.45, 7) is 13.8. The average Bonchev–Trinajstić information content (AvgIpc) is 3.10. The van der Waals surface area contributed by atoms with E-state index >= 15 is 0 Å². The number of nitrogens with zero attached hydrogens (tertiary/aromatic N) is 5. The SMILES string of the molecule is Cc1cc(CN2CCN(Cc3nc(C(C)(C)C)no3)CC2)no1. The Morgan fingerprint density at radius 1 is 1.00 bits per heavy atom. The fourth-order valence-corrected chi connectivity index (χ4v) is 2.64. The van der Waals surface area contributed by atoms with Crippen LogP contribution in [0.1, 0.15) is 43.9 Å². The Kier molecular flexibility index (Phi) is 4.50. The van der Waals surface area contributed by atoms with Crippen molar-refractivity contribution in [2.45, 2.75) is 46.2 Å². The Morgan fingerprint density at radius 2 is 1.65 bits per heavy atom. The van der Waals surface area contributed by atoms with Crippen LogP contribution in [0.4, 0.5) is 0 Å². The Balaban J connectivity index is 1.48. The van der Waals surface area contributed by atoms with E-state index in [9.17, 15) is 0 Å². The molecule has 0 unspecified atom stereocenters. The first-order chi connectivity index (χ1) is 10.9. The fraction of sp³-hybridized carbons (Fsp3) is 0.688. The van der Waals surface area contributed by atoms with Crippen molar-refractivity contribution in [3.05, 3.63) is 29.2 Å². The summed E-state index contributed by atoms with van der Waals surface area (Å²) in [6.07, 6.45) is 0. The Morgan fingerprint density at radius 3 is 2.17 bits per heavy atom. The Hall–Kier alpha value is -1.73. The highest BCUT2D eigenvalue weighted by Gasteiger charge is 2.23. The van der Waals surface area contributed by atoms with Crippen molar-refractivity contribution in [1.29, 1.82) is 0 Å². The molecule has 0 bridgehead atoms. The highest BCUT2D eigenvalue weighted by Crippen LogP contribution is 2.19. The minimum Gasteiger partial charge on any atom is -0.361 e. The predicted octanol–water partition coefficient (Wildman–Crippen LogP) is 1.98. The molecule has 7 nitrogen and oxygen atoms in total. The first-order valence-corrected chi connectivity index (χ1v) is 8.10. The van der Waals surface area contributed by atoms with Gasteiger partial charge in [-0.2, -0.15) is 4.98 Å². The van der Waals surface area contributed by atoms with Gasteiger partial charge in [0, 0.05) is 44.2 Å². The molecule has 1 aliphatic heterocycles. The molecule has 2 aromatic heterocycles. The fourth-order valence-electron chi connectivity index (χ4n) is 2.64. The molecule has 23 heavy (non-hydrogen) atoms. The third kappa shape index (κ3) is 4.17. The summed E-state index contributed by atoms with van der Waals surface area (Å²) in [6, 6.07) is 2.00. The topological polar surface area (TPSA) is 71.4 Å². The van der Waals surface area contributed by atoms with Gasteiger partial charge in [0.25, 0.3) is 0 Å². The Bertz CT molecular complexity index is 635. The minimum absolute atomic E-state index is 0.0732. The van der Waals surface area contributed by atoms with Crippen LogP contribution in [0, 0.1) is 6.92 Å². The van der Waals surface area contributed by atoms with E-state index in [1.54, 1.807) is 0 Å². The van der Waals surface area contributed by atoms with E-state index in [2.05, 4.69) is 45.9 Å². The van der Waals surface area contributed by atoms with Crippen molar-refractivity contribution >= 4 is 0 Å². The molecule has 0 saturated carbocycles. The molecule has 1 aliphatic rings. The van der Waals surface area contributed by atoms with Crippen molar-refractivity contribution in [3.8, 4) is 0 Å². The van der Waals surface area contributed by atoms with Crippen LogP contribution in [0.15, 0.2) is 15.1 Å². The third-order valence-corrected chi connectivity index (χ3v) is 4.03. The summed E-state index contributed by atoms with van der Waals surface area (Å²) in [4.78, 5) is 9.25. The molecule has 126 valence electrons. The van der Waals surface area contributed by atoms with E-state index in [-0.39, 0.29) is 5.41 Å². The van der Waals surface area contributed by atoms with E-state index in [4.69, 9.17) is 9.05 Å². The molecular weight excluding hydrogens is 294 g/mol. The molecule has 0 N–H and O–H groups in total. The first kappa shape index (κ1) is 16.1. The molecule has 1 fully saturated rings.